The molecule has 6 heteroatoms. The van der Waals surface area contributed by atoms with E-state index in [4.69, 9.17) is 9.26 Å². The fraction of sp³-hybridized carbons (Fsp3) is 0.583. The summed E-state index contributed by atoms with van der Waals surface area (Å²) < 4.78 is 11.3. The molecule has 30 heavy (non-hydrogen) atoms. The number of piperidine rings is 1. The standard InChI is InChI=1S/C24H33N3O3/c1-3-25-23(28)24(11-4-12-27(17-24)20-9-13-29-14-10-20)16-21-15-22(26-30-21)19-7-5-18(2)6-8-19/h5-8,15,20H,3-4,9-14,16-17H2,1-2H3,(H,25,28). The summed E-state index contributed by atoms with van der Waals surface area (Å²) in [6.45, 7) is 8.15. The molecule has 2 aliphatic heterocycles. The van der Waals surface area contributed by atoms with Crippen LogP contribution in [0.1, 0.15) is 43.9 Å². The number of ether oxygens (including phenoxy) is 1. The number of amides is 1. The highest BCUT2D eigenvalue weighted by Crippen LogP contribution is 2.37. The van der Waals surface area contributed by atoms with Gasteiger partial charge in [-0.1, -0.05) is 35.0 Å². The molecule has 2 aliphatic rings. The van der Waals surface area contributed by atoms with Gasteiger partial charge in [0, 0.05) is 50.4 Å². The topological polar surface area (TPSA) is 67.6 Å². The van der Waals surface area contributed by atoms with Gasteiger partial charge in [-0.3, -0.25) is 9.69 Å². The van der Waals surface area contributed by atoms with Crippen LogP contribution in [0, 0.1) is 12.3 Å². The van der Waals surface area contributed by atoms with Gasteiger partial charge in [0.1, 0.15) is 11.5 Å². The number of carbonyl (C=O) groups excluding carboxylic acids is 1. The Morgan fingerprint density at radius 1 is 1.27 bits per heavy atom. The smallest absolute Gasteiger partial charge is 0.227 e. The molecular formula is C24H33N3O3. The normalized spacial score (nSPS) is 23.4. The van der Waals surface area contributed by atoms with Crippen LogP contribution in [-0.4, -0.2) is 54.9 Å². The van der Waals surface area contributed by atoms with E-state index in [-0.39, 0.29) is 5.91 Å². The van der Waals surface area contributed by atoms with Gasteiger partial charge in [-0.15, -0.1) is 0 Å². The van der Waals surface area contributed by atoms with Gasteiger partial charge in [-0.25, -0.2) is 0 Å². The highest BCUT2D eigenvalue weighted by Gasteiger charge is 2.44. The van der Waals surface area contributed by atoms with Crippen molar-refractivity contribution in [1.82, 2.24) is 15.4 Å². The highest BCUT2D eigenvalue weighted by atomic mass is 16.5. The van der Waals surface area contributed by atoms with Gasteiger partial charge in [-0.05, 0) is 46.1 Å². The molecule has 1 atom stereocenters. The van der Waals surface area contributed by atoms with E-state index < -0.39 is 5.41 Å². The molecule has 6 nitrogen and oxygen atoms in total. The van der Waals surface area contributed by atoms with Crippen LogP contribution in [0.15, 0.2) is 34.9 Å². The predicted octanol–water partition coefficient (Wildman–Crippen LogP) is 3.59. The lowest BCUT2D eigenvalue weighted by molar-refractivity contribution is -0.136. The van der Waals surface area contributed by atoms with Crippen LogP contribution in [0.5, 0.6) is 0 Å². The summed E-state index contributed by atoms with van der Waals surface area (Å²) in [5.74, 6) is 0.917. The molecule has 0 aliphatic carbocycles. The van der Waals surface area contributed by atoms with Crippen molar-refractivity contribution in [3.63, 3.8) is 0 Å². The molecule has 0 radical (unpaired) electrons. The molecule has 0 bridgehead atoms. The molecule has 4 rings (SSSR count). The van der Waals surface area contributed by atoms with Crippen molar-refractivity contribution in [1.29, 1.82) is 0 Å². The van der Waals surface area contributed by atoms with Crippen LogP contribution in [-0.2, 0) is 16.0 Å². The Bertz CT molecular complexity index is 842. The van der Waals surface area contributed by atoms with E-state index in [1.54, 1.807) is 0 Å². The summed E-state index contributed by atoms with van der Waals surface area (Å²) >= 11 is 0. The Morgan fingerprint density at radius 2 is 2.03 bits per heavy atom. The molecule has 2 fully saturated rings. The van der Waals surface area contributed by atoms with Gasteiger partial charge < -0.3 is 14.6 Å². The number of hydrogen-bond acceptors (Lipinski definition) is 5. The van der Waals surface area contributed by atoms with E-state index in [1.165, 1.54) is 5.56 Å². The molecule has 1 amide bonds. The fourth-order valence-corrected chi connectivity index (χ4v) is 4.88. The molecule has 1 aromatic heterocycles. The first-order valence-corrected chi connectivity index (χ1v) is 11.2. The number of benzene rings is 1. The lowest BCUT2D eigenvalue weighted by Gasteiger charge is -2.45. The molecule has 2 aromatic rings. The van der Waals surface area contributed by atoms with E-state index in [9.17, 15) is 4.79 Å². The van der Waals surface area contributed by atoms with E-state index in [1.807, 2.05) is 13.0 Å². The fourth-order valence-electron chi connectivity index (χ4n) is 4.88. The van der Waals surface area contributed by atoms with Crippen molar-refractivity contribution in [2.45, 2.75) is 52.0 Å². The Hall–Kier alpha value is -2.18. The molecule has 1 N–H and O–H groups in total. The van der Waals surface area contributed by atoms with Crippen LogP contribution < -0.4 is 5.32 Å². The monoisotopic (exact) mass is 411 g/mol. The second-order valence-electron chi connectivity index (χ2n) is 8.78. The average Bonchev–Trinajstić information content (AvgIpc) is 3.23. The number of hydrogen-bond donors (Lipinski definition) is 1. The second-order valence-corrected chi connectivity index (χ2v) is 8.78. The maximum atomic E-state index is 13.2. The van der Waals surface area contributed by atoms with Crippen LogP contribution in [0.3, 0.4) is 0 Å². The largest absolute Gasteiger partial charge is 0.381 e. The van der Waals surface area contributed by atoms with E-state index >= 15 is 0 Å². The zero-order chi connectivity index (χ0) is 21.0. The van der Waals surface area contributed by atoms with Crippen molar-refractivity contribution in [2.24, 2.45) is 5.41 Å². The number of likely N-dealkylation sites (tertiary alicyclic amines) is 1. The van der Waals surface area contributed by atoms with Gasteiger partial charge in [0.15, 0.2) is 0 Å². The Balaban J connectivity index is 1.55. The molecule has 1 aromatic carbocycles. The van der Waals surface area contributed by atoms with Crippen molar-refractivity contribution >= 4 is 5.91 Å². The lowest BCUT2D eigenvalue weighted by atomic mass is 9.74. The molecule has 0 saturated carbocycles. The van der Waals surface area contributed by atoms with Crippen LogP contribution >= 0.6 is 0 Å². The van der Waals surface area contributed by atoms with E-state index in [0.717, 1.165) is 69.0 Å². The van der Waals surface area contributed by atoms with Crippen molar-refractivity contribution in [3.8, 4) is 11.3 Å². The average molecular weight is 412 g/mol. The van der Waals surface area contributed by atoms with Gasteiger partial charge >= 0.3 is 0 Å². The van der Waals surface area contributed by atoms with Gasteiger partial charge in [-0.2, -0.15) is 0 Å². The Morgan fingerprint density at radius 3 is 2.77 bits per heavy atom. The summed E-state index contributed by atoms with van der Waals surface area (Å²) in [6, 6.07) is 10.8. The third-order valence-corrected chi connectivity index (χ3v) is 6.55. The minimum Gasteiger partial charge on any atom is -0.381 e. The van der Waals surface area contributed by atoms with Gasteiger partial charge in [0.2, 0.25) is 5.91 Å². The Kier molecular flexibility index (Phi) is 6.54. The van der Waals surface area contributed by atoms with Crippen molar-refractivity contribution in [2.75, 3.05) is 32.8 Å². The van der Waals surface area contributed by atoms with Crippen molar-refractivity contribution < 1.29 is 14.1 Å². The number of aromatic nitrogens is 1. The minimum atomic E-state index is -0.476. The SMILES string of the molecule is CCNC(=O)C1(Cc2cc(-c3ccc(C)cc3)no2)CCCN(C2CCOCC2)C1. The molecule has 1 unspecified atom stereocenters. The van der Waals surface area contributed by atoms with Crippen LogP contribution in [0.2, 0.25) is 0 Å². The van der Waals surface area contributed by atoms with Gasteiger partial charge in [0.25, 0.3) is 0 Å². The van der Waals surface area contributed by atoms with Gasteiger partial charge in [0.05, 0.1) is 5.41 Å². The second kappa shape index (κ2) is 9.31. The third kappa shape index (κ3) is 4.60. The maximum absolute atomic E-state index is 13.2. The number of nitrogens with zero attached hydrogens (tertiary/aromatic N) is 2. The lowest BCUT2D eigenvalue weighted by Crippen LogP contribution is -2.56. The number of carbonyl (C=O) groups is 1. The third-order valence-electron chi connectivity index (χ3n) is 6.55. The molecule has 162 valence electrons. The quantitative estimate of drug-likeness (QED) is 0.787. The first-order chi connectivity index (χ1) is 14.6. The number of rotatable bonds is 6. The van der Waals surface area contributed by atoms with Crippen LogP contribution in [0.25, 0.3) is 11.3 Å². The number of nitrogens with one attached hydrogen (secondary N) is 1. The van der Waals surface area contributed by atoms with E-state index in [0.29, 0.717) is 19.0 Å². The summed E-state index contributed by atoms with van der Waals surface area (Å²) in [7, 11) is 0. The summed E-state index contributed by atoms with van der Waals surface area (Å²) in [6.07, 6.45) is 4.57. The summed E-state index contributed by atoms with van der Waals surface area (Å²) in [5.41, 5.74) is 2.60. The van der Waals surface area contributed by atoms with E-state index in [2.05, 4.69) is 46.6 Å². The van der Waals surface area contributed by atoms with Crippen molar-refractivity contribution in [3.05, 3.63) is 41.7 Å². The van der Waals surface area contributed by atoms with Crippen LogP contribution in [0.4, 0.5) is 0 Å². The first kappa shape index (κ1) is 21.1. The molecule has 2 saturated heterocycles. The summed E-state index contributed by atoms with van der Waals surface area (Å²) in [4.78, 5) is 15.8. The predicted molar refractivity (Wildman–Crippen MR) is 116 cm³/mol. The zero-order valence-electron chi connectivity index (χ0n) is 18.2. The zero-order valence-corrected chi connectivity index (χ0v) is 18.2. The maximum Gasteiger partial charge on any atom is 0.227 e. The molecule has 0 spiro atoms. The Labute approximate surface area is 179 Å². The molecule has 3 heterocycles. The minimum absolute atomic E-state index is 0.134. The first-order valence-electron chi connectivity index (χ1n) is 11.2. The summed E-state index contributed by atoms with van der Waals surface area (Å²) in [5, 5.41) is 7.38. The highest BCUT2D eigenvalue weighted by molar-refractivity contribution is 5.83. The molecular weight excluding hydrogens is 378 g/mol. The number of aryl methyl sites for hydroxylation is 1.